The lowest BCUT2D eigenvalue weighted by atomic mass is 9.95. The van der Waals surface area contributed by atoms with Crippen molar-refractivity contribution < 1.29 is 23.8 Å². The van der Waals surface area contributed by atoms with Gasteiger partial charge in [-0.05, 0) is 48.4 Å². The molecule has 0 aliphatic carbocycles. The van der Waals surface area contributed by atoms with Crippen LogP contribution >= 0.6 is 0 Å². The van der Waals surface area contributed by atoms with E-state index in [1.54, 1.807) is 51.2 Å². The molecule has 0 fully saturated rings. The van der Waals surface area contributed by atoms with Crippen molar-refractivity contribution >= 4 is 23.7 Å². The van der Waals surface area contributed by atoms with Crippen LogP contribution in [0.2, 0.25) is 0 Å². The fraction of sp³-hybridized carbons (Fsp3) is 0.348. The van der Waals surface area contributed by atoms with Crippen molar-refractivity contribution in [3.63, 3.8) is 0 Å². The molecule has 1 heterocycles. The summed E-state index contributed by atoms with van der Waals surface area (Å²) in [5.41, 5.74) is 0.874. The smallest absolute Gasteiger partial charge is 0.273 e. The average Bonchev–Trinajstić information content (AvgIpc) is 2.71. The molecule has 0 spiro atoms. The largest absolute Gasteiger partial charge is 0.493 e. The normalized spacial score (nSPS) is 11.5. The molecule has 0 radical (unpaired) electrons. The summed E-state index contributed by atoms with van der Waals surface area (Å²) in [6, 6.07) is 6.93. The fourth-order valence-electron chi connectivity index (χ4n) is 2.61. The molecule has 2 amide bonds. The molecular formula is C23H29N3O5. The van der Waals surface area contributed by atoms with E-state index in [4.69, 9.17) is 14.2 Å². The molecule has 166 valence electrons. The number of hydrogen-bond donors (Lipinski definition) is 2. The summed E-state index contributed by atoms with van der Waals surface area (Å²) in [6.45, 7) is 7.18. The van der Waals surface area contributed by atoms with Gasteiger partial charge in [0.1, 0.15) is 11.5 Å². The molecule has 8 heteroatoms. The second-order valence-corrected chi connectivity index (χ2v) is 7.89. The number of benzene rings is 1. The monoisotopic (exact) mass is 427 g/mol. The Labute approximate surface area is 182 Å². The van der Waals surface area contributed by atoms with Crippen LogP contribution in [0.3, 0.4) is 0 Å². The molecule has 0 unspecified atom stereocenters. The predicted molar refractivity (Wildman–Crippen MR) is 119 cm³/mol. The van der Waals surface area contributed by atoms with Crippen molar-refractivity contribution in [2.24, 2.45) is 5.41 Å². The highest BCUT2D eigenvalue weighted by Gasteiger charge is 2.24. The molecule has 0 atom stereocenters. The van der Waals surface area contributed by atoms with Crippen LogP contribution in [-0.2, 0) is 9.59 Å². The highest BCUT2D eigenvalue weighted by atomic mass is 16.5. The zero-order valence-corrected chi connectivity index (χ0v) is 19.0. The van der Waals surface area contributed by atoms with E-state index in [-0.39, 0.29) is 11.6 Å². The SMILES string of the molecule is COc1cc(/C=C(/NC(=O)C(C)(C)C)C(=O)Nc2cc(C)ccn2)cc(OC)c1OC. The maximum Gasteiger partial charge on any atom is 0.273 e. The Morgan fingerprint density at radius 3 is 2.10 bits per heavy atom. The third kappa shape index (κ3) is 6.21. The van der Waals surface area contributed by atoms with Gasteiger partial charge in [0, 0.05) is 11.6 Å². The third-order valence-electron chi connectivity index (χ3n) is 4.33. The maximum absolute atomic E-state index is 13.0. The van der Waals surface area contributed by atoms with Gasteiger partial charge < -0.3 is 24.8 Å². The topological polar surface area (TPSA) is 98.8 Å². The molecule has 8 nitrogen and oxygen atoms in total. The van der Waals surface area contributed by atoms with E-state index in [2.05, 4.69) is 15.6 Å². The molecule has 1 aromatic carbocycles. The summed E-state index contributed by atoms with van der Waals surface area (Å²) < 4.78 is 16.1. The molecule has 0 saturated heterocycles. The van der Waals surface area contributed by atoms with Crippen LogP contribution in [0.4, 0.5) is 5.82 Å². The van der Waals surface area contributed by atoms with Gasteiger partial charge in [0.2, 0.25) is 11.7 Å². The Balaban J connectivity index is 2.50. The van der Waals surface area contributed by atoms with Crippen LogP contribution in [0.15, 0.2) is 36.2 Å². The second kappa shape index (κ2) is 9.97. The fourth-order valence-corrected chi connectivity index (χ4v) is 2.61. The number of ether oxygens (including phenoxy) is 3. The highest BCUT2D eigenvalue weighted by molar-refractivity contribution is 6.08. The van der Waals surface area contributed by atoms with Crippen molar-refractivity contribution in [2.45, 2.75) is 27.7 Å². The van der Waals surface area contributed by atoms with Gasteiger partial charge in [0.05, 0.1) is 21.3 Å². The number of rotatable bonds is 7. The second-order valence-electron chi connectivity index (χ2n) is 7.89. The standard InChI is InChI=1S/C23H29N3O5/c1-14-8-9-24-19(10-14)26-21(27)16(25-22(28)23(2,3)4)11-15-12-17(29-5)20(31-7)18(13-15)30-6/h8-13H,1-7H3,(H,25,28)(H,24,26,27)/b16-11+. The Bertz CT molecular complexity index is 968. The summed E-state index contributed by atoms with van der Waals surface area (Å²) in [7, 11) is 4.51. The van der Waals surface area contributed by atoms with E-state index in [0.29, 0.717) is 28.6 Å². The summed E-state index contributed by atoms with van der Waals surface area (Å²) in [4.78, 5) is 29.8. The van der Waals surface area contributed by atoms with E-state index in [9.17, 15) is 9.59 Å². The minimum Gasteiger partial charge on any atom is -0.493 e. The summed E-state index contributed by atoms with van der Waals surface area (Å²) in [6.07, 6.45) is 3.14. The van der Waals surface area contributed by atoms with Gasteiger partial charge in [-0.2, -0.15) is 0 Å². The minimum absolute atomic E-state index is 0.0532. The van der Waals surface area contributed by atoms with Crippen LogP contribution in [0.1, 0.15) is 31.9 Å². The van der Waals surface area contributed by atoms with Crippen molar-refractivity contribution in [3.8, 4) is 17.2 Å². The summed E-state index contributed by atoms with van der Waals surface area (Å²) in [5, 5.41) is 5.43. The third-order valence-corrected chi connectivity index (χ3v) is 4.33. The minimum atomic E-state index is -0.698. The number of aromatic nitrogens is 1. The van der Waals surface area contributed by atoms with E-state index < -0.39 is 11.3 Å². The Morgan fingerprint density at radius 2 is 1.61 bits per heavy atom. The number of hydrogen-bond acceptors (Lipinski definition) is 6. The van der Waals surface area contributed by atoms with Crippen molar-refractivity contribution in [3.05, 3.63) is 47.3 Å². The molecular weight excluding hydrogens is 398 g/mol. The van der Waals surface area contributed by atoms with Gasteiger partial charge in [0.15, 0.2) is 11.5 Å². The highest BCUT2D eigenvalue weighted by Crippen LogP contribution is 2.38. The van der Waals surface area contributed by atoms with Crippen molar-refractivity contribution in [2.75, 3.05) is 26.6 Å². The number of pyridine rings is 1. The lowest BCUT2D eigenvalue weighted by molar-refractivity contribution is -0.128. The molecule has 1 aromatic heterocycles. The molecule has 0 aliphatic heterocycles. The predicted octanol–water partition coefficient (Wildman–Crippen LogP) is 3.56. The lowest BCUT2D eigenvalue weighted by Gasteiger charge is -2.19. The Kier molecular flexibility index (Phi) is 7.63. The first-order chi connectivity index (χ1) is 14.6. The van der Waals surface area contributed by atoms with E-state index >= 15 is 0 Å². The van der Waals surface area contributed by atoms with E-state index in [1.807, 2.05) is 13.0 Å². The number of nitrogens with zero attached hydrogens (tertiary/aromatic N) is 1. The quantitative estimate of drug-likeness (QED) is 0.656. The van der Waals surface area contributed by atoms with Gasteiger partial charge >= 0.3 is 0 Å². The number of anilines is 1. The molecule has 0 bridgehead atoms. The molecule has 2 N–H and O–H groups in total. The molecule has 2 rings (SSSR count). The van der Waals surface area contributed by atoms with Gasteiger partial charge in [0.25, 0.3) is 5.91 Å². The Hall–Kier alpha value is -3.55. The first kappa shape index (κ1) is 23.7. The number of methoxy groups -OCH3 is 3. The zero-order chi connectivity index (χ0) is 23.2. The van der Waals surface area contributed by atoms with Crippen LogP contribution in [0.5, 0.6) is 17.2 Å². The number of carbonyl (C=O) groups excluding carboxylic acids is 2. The van der Waals surface area contributed by atoms with Crippen LogP contribution in [-0.4, -0.2) is 38.1 Å². The summed E-state index contributed by atoms with van der Waals surface area (Å²) >= 11 is 0. The van der Waals surface area contributed by atoms with Gasteiger partial charge in [-0.15, -0.1) is 0 Å². The molecule has 2 aromatic rings. The van der Waals surface area contributed by atoms with Gasteiger partial charge in [-0.3, -0.25) is 9.59 Å². The van der Waals surface area contributed by atoms with E-state index in [0.717, 1.165) is 5.56 Å². The average molecular weight is 428 g/mol. The summed E-state index contributed by atoms with van der Waals surface area (Å²) in [5.74, 6) is 0.843. The van der Waals surface area contributed by atoms with Crippen molar-refractivity contribution in [1.29, 1.82) is 0 Å². The number of nitrogens with one attached hydrogen (secondary N) is 2. The van der Waals surface area contributed by atoms with Gasteiger partial charge in [-0.25, -0.2) is 4.98 Å². The molecule has 0 aliphatic rings. The van der Waals surface area contributed by atoms with Crippen LogP contribution in [0, 0.1) is 12.3 Å². The van der Waals surface area contributed by atoms with Crippen molar-refractivity contribution in [1.82, 2.24) is 10.3 Å². The van der Waals surface area contributed by atoms with E-state index in [1.165, 1.54) is 21.3 Å². The van der Waals surface area contributed by atoms with Crippen LogP contribution in [0.25, 0.3) is 6.08 Å². The number of carbonyl (C=O) groups is 2. The maximum atomic E-state index is 13.0. The first-order valence-corrected chi connectivity index (χ1v) is 9.66. The lowest BCUT2D eigenvalue weighted by Crippen LogP contribution is -2.38. The number of aryl methyl sites for hydroxylation is 1. The number of amides is 2. The van der Waals surface area contributed by atoms with Crippen LogP contribution < -0.4 is 24.8 Å². The Morgan fingerprint density at radius 1 is 1.00 bits per heavy atom. The molecule has 0 saturated carbocycles. The zero-order valence-electron chi connectivity index (χ0n) is 19.0. The first-order valence-electron chi connectivity index (χ1n) is 9.66. The molecule has 31 heavy (non-hydrogen) atoms. The van der Waals surface area contributed by atoms with Gasteiger partial charge in [-0.1, -0.05) is 20.8 Å².